The van der Waals surface area contributed by atoms with Crippen LogP contribution in [0.15, 0.2) is 89.5 Å². The van der Waals surface area contributed by atoms with Crippen molar-refractivity contribution >= 4 is 23.6 Å². The van der Waals surface area contributed by atoms with E-state index in [-0.39, 0.29) is 17.3 Å². The van der Waals surface area contributed by atoms with Crippen LogP contribution in [-0.2, 0) is 15.3 Å². The maximum atomic E-state index is 13.5. The fourth-order valence-corrected chi connectivity index (χ4v) is 5.83. The first kappa shape index (κ1) is 32.3. The van der Waals surface area contributed by atoms with Gasteiger partial charge in [0.25, 0.3) is 0 Å². The van der Waals surface area contributed by atoms with Crippen LogP contribution in [0.25, 0.3) is 5.57 Å². The third kappa shape index (κ3) is 8.07. The lowest BCUT2D eigenvalue weighted by Crippen LogP contribution is -2.32. The predicted molar refractivity (Wildman–Crippen MR) is 168 cm³/mol. The molecule has 0 amide bonds. The summed E-state index contributed by atoms with van der Waals surface area (Å²) in [5.41, 5.74) is 1.45. The predicted octanol–water partition coefficient (Wildman–Crippen LogP) is 8.85. The van der Waals surface area contributed by atoms with Crippen molar-refractivity contribution in [1.29, 1.82) is 0 Å². The SMILES string of the molecule is CCCc1c(Oc2ccccc2C(=O)O)cccc1SOCCCOC1=CC(O)(CC)C(c2ccc(F)cc2)=CC1CC. The fourth-order valence-electron chi connectivity index (χ4n) is 5.06. The number of hydrogen-bond donors (Lipinski definition) is 2. The number of para-hydroxylation sites is 1. The average Bonchev–Trinajstić information content (AvgIpc) is 3.01. The number of carboxylic acid groups (broad SMARTS) is 1. The molecule has 8 heteroatoms. The van der Waals surface area contributed by atoms with E-state index < -0.39 is 11.6 Å². The summed E-state index contributed by atoms with van der Waals surface area (Å²) in [6.07, 6.45) is 7.39. The van der Waals surface area contributed by atoms with Crippen molar-refractivity contribution in [3.63, 3.8) is 0 Å². The Morgan fingerprint density at radius 2 is 1.72 bits per heavy atom. The minimum absolute atomic E-state index is 0.00720. The van der Waals surface area contributed by atoms with Crippen LogP contribution in [0.3, 0.4) is 0 Å². The number of aliphatic hydroxyl groups is 1. The number of benzene rings is 3. The van der Waals surface area contributed by atoms with Gasteiger partial charge in [0.2, 0.25) is 0 Å². The zero-order valence-corrected chi connectivity index (χ0v) is 25.7. The van der Waals surface area contributed by atoms with Gasteiger partial charge in [0.15, 0.2) is 0 Å². The Morgan fingerprint density at radius 3 is 2.42 bits per heavy atom. The van der Waals surface area contributed by atoms with Gasteiger partial charge in [-0.1, -0.05) is 63.6 Å². The largest absolute Gasteiger partial charge is 0.497 e. The van der Waals surface area contributed by atoms with Gasteiger partial charge in [-0.25, -0.2) is 9.18 Å². The molecule has 3 aromatic rings. The molecule has 0 saturated carbocycles. The number of rotatable bonds is 15. The van der Waals surface area contributed by atoms with Crippen LogP contribution in [0, 0.1) is 11.7 Å². The Bertz CT molecular complexity index is 1450. The number of hydrogen-bond acceptors (Lipinski definition) is 6. The minimum Gasteiger partial charge on any atom is -0.497 e. The van der Waals surface area contributed by atoms with Gasteiger partial charge < -0.3 is 23.9 Å². The summed E-state index contributed by atoms with van der Waals surface area (Å²) in [4.78, 5) is 12.6. The smallest absolute Gasteiger partial charge is 0.339 e. The van der Waals surface area contributed by atoms with Crippen LogP contribution in [0.5, 0.6) is 11.5 Å². The molecule has 0 fully saturated rings. The molecule has 0 saturated heterocycles. The van der Waals surface area contributed by atoms with Gasteiger partial charge in [-0.05, 0) is 72.9 Å². The molecule has 0 spiro atoms. The van der Waals surface area contributed by atoms with Gasteiger partial charge in [0.1, 0.15) is 34.2 Å². The summed E-state index contributed by atoms with van der Waals surface area (Å²) in [5.74, 6) is 0.302. The highest BCUT2D eigenvalue weighted by atomic mass is 32.2. The third-order valence-electron chi connectivity index (χ3n) is 7.43. The van der Waals surface area contributed by atoms with Gasteiger partial charge in [-0.3, -0.25) is 0 Å². The number of carbonyl (C=O) groups is 1. The highest BCUT2D eigenvalue weighted by molar-refractivity contribution is 7.94. The van der Waals surface area contributed by atoms with Crippen molar-refractivity contribution < 1.29 is 33.1 Å². The molecule has 2 unspecified atom stereocenters. The van der Waals surface area contributed by atoms with E-state index in [9.17, 15) is 19.4 Å². The maximum absolute atomic E-state index is 13.5. The maximum Gasteiger partial charge on any atom is 0.339 e. The van der Waals surface area contributed by atoms with Gasteiger partial charge in [-0.15, -0.1) is 0 Å². The molecule has 2 N–H and O–H groups in total. The molecule has 4 rings (SSSR count). The van der Waals surface area contributed by atoms with Crippen molar-refractivity contribution in [1.82, 2.24) is 0 Å². The highest BCUT2D eigenvalue weighted by Crippen LogP contribution is 2.41. The average molecular weight is 607 g/mol. The normalized spacial score (nSPS) is 18.1. The standard InChI is InChI=1S/C35H39FO6S/c1-4-11-27-30(42-31-13-8-7-12-28(31)34(37)38)14-9-15-33(27)43-41-21-10-20-40-32-23-35(39,6-3)29(22-24(32)5-2)25-16-18-26(36)19-17-25/h7-9,12-19,22-24,39H,4-6,10-11,20-21H2,1-3H3,(H,37,38). The Morgan fingerprint density at radius 1 is 0.977 bits per heavy atom. The summed E-state index contributed by atoms with van der Waals surface area (Å²) in [5, 5.41) is 21.0. The first-order valence-electron chi connectivity index (χ1n) is 14.8. The molecule has 1 aliphatic carbocycles. The Hall–Kier alpha value is -3.59. The van der Waals surface area contributed by atoms with Crippen LogP contribution in [0.4, 0.5) is 4.39 Å². The molecule has 2 atom stereocenters. The third-order valence-corrected chi connectivity index (χ3v) is 8.28. The molecule has 6 nitrogen and oxygen atoms in total. The lowest BCUT2D eigenvalue weighted by molar-refractivity contribution is 0.0694. The van der Waals surface area contributed by atoms with E-state index in [4.69, 9.17) is 13.7 Å². The van der Waals surface area contributed by atoms with Gasteiger partial charge in [0, 0.05) is 34.8 Å². The molecule has 43 heavy (non-hydrogen) atoms. The topological polar surface area (TPSA) is 85.2 Å². The fraction of sp³-hybridized carbons (Fsp3) is 0.343. The molecule has 0 aromatic heterocycles. The molecule has 3 aromatic carbocycles. The van der Waals surface area contributed by atoms with Gasteiger partial charge >= 0.3 is 5.97 Å². The second-order valence-electron chi connectivity index (χ2n) is 10.4. The Kier molecular flexibility index (Phi) is 11.4. The Labute approximate surface area is 257 Å². The highest BCUT2D eigenvalue weighted by Gasteiger charge is 2.35. The number of halogens is 1. The summed E-state index contributed by atoms with van der Waals surface area (Å²) in [6, 6.07) is 18.5. The van der Waals surface area contributed by atoms with Crippen molar-refractivity contribution in [2.24, 2.45) is 5.92 Å². The Balaban J connectivity index is 1.35. The number of ether oxygens (including phenoxy) is 2. The van der Waals surface area contributed by atoms with E-state index in [2.05, 4.69) is 13.8 Å². The quantitative estimate of drug-likeness (QED) is 0.132. The monoisotopic (exact) mass is 606 g/mol. The number of carboxylic acids is 1. The van der Waals surface area contributed by atoms with E-state index in [1.165, 1.54) is 30.2 Å². The van der Waals surface area contributed by atoms with Gasteiger partial charge in [-0.2, -0.15) is 0 Å². The number of allylic oxidation sites excluding steroid dienone is 1. The summed E-state index contributed by atoms with van der Waals surface area (Å²) in [7, 11) is 0. The zero-order valence-electron chi connectivity index (χ0n) is 24.8. The zero-order chi connectivity index (χ0) is 30.8. The molecule has 228 valence electrons. The first-order valence-corrected chi connectivity index (χ1v) is 15.5. The van der Waals surface area contributed by atoms with Crippen LogP contribution < -0.4 is 4.74 Å². The van der Waals surface area contributed by atoms with Crippen molar-refractivity contribution in [3.8, 4) is 11.5 Å². The lowest BCUT2D eigenvalue weighted by Gasteiger charge is -2.34. The molecule has 0 bridgehead atoms. The molecule has 0 radical (unpaired) electrons. The van der Waals surface area contributed by atoms with Gasteiger partial charge in [0.05, 0.1) is 13.2 Å². The molecule has 0 heterocycles. The van der Waals surface area contributed by atoms with Crippen LogP contribution >= 0.6 is 12.0 Å². The molecule has 1 aliphatic rings. The molecular weight excluding hydrogens is 567 g/mol. The summed E-state index contributed by atoms with van der Waals surface area (Å²) < 4.78 is 31.7. The lowest BCUT2D eigenvalue weighted by atomic mass is 9.78. The molecular formula is C35H39FO6S. The minimum atomic E-state index is -1.20. The summed E-state index contributed by atoms with van der Waals surface area (Å²) >= 11 is 1.27. The molecule has 0 aliphatic heterocycles. The van der Waals surface area contributed by atoms with Crippen LogP contribution in [0.2, 0.25) is 0 Å². The van der Waals surface area contributed by atoms with Crippen molar-refractivity contribution in [2.75, 3.05) is 13.2 Å². The van der Waals surface area contributed by atoms with Crippen LogP contribution in [0.1, 0.15) is 67.9 Å². The van der Waals surface area contributed by atoms with E-state index in [1.807, 2.05) is 31.2 Å². The summed E-state index contributed by atoms with van der Waals surface area (Å²) in [6.45, 7) is 6.94. The van der Waals surface area contributed by atoms with Crippen molar-refractivity contribution in [3.05, 3.63) is 107 Å². The van der Waals surface area contributed by atoms with E-state index in [1.54, 1.807) is 36.4 Å². The van der Waals surface area contributed by atoms with Crippen LogP contribution in [-0.4, -0.2) is 35.0 Å². The van der Waals surface area contributed by atoms with E-state index >= 15 is 0 Å². The second kappa shape index (κ2) is 15.2. The first-order chi connectivity index (χ1) is 20.8. The van der Waals surface area contributed by atoms with Crippen molar-refractivity contribution in [2.45, 2.75) is 63.4 Å². The van der Waals surface area contributed by atoms with E-state index in [0.29, 0.717) is 37.6 Å². The second-order valence-corrected chi connectivity index (χ2v) is 11.3. The van der Waals surface area contributed by atoms with E-state index in [0.717, 1.165) is 46.6 Å². The number of aromatic carboxylic acids is 1.